The Hall–Kier alpha value is -2.96. The second-order valence-corrected chi connectivity index (χ2v) is 7.39. The van der Waals surface area contributed by atoms with Gasteiger partial charge in [0, 0.05) is 18.3 Å². The highest BCUT2D eigenvalue weighted by Gasteiger charge is 2.28. The van der Waals surface area contributed by atoms with Crippen LogP contribution in [0.3, 0.4) is 0 Å². The third-order valence-electron chi connectivity index (χ3n) is 5.45. The van der Waals surface area contributed by atoms with E-state index in [0.29, 0.717) is 11.5 Å². The molecular formula is C21H23N3O4. The fraction of sp³-hybridized carbons (Fsp3) is 0.429. The molecular weight excluding hydrogens is 358 g/mol. The van der Waals surface area contributed by atoms with Crippen molar-refractivity contribution in [1.29, 1.82) is 0 Å². The third kappa shape index (κ3) is 3.69. The maximum atomic E-state index is 12.6. The number of rotatable bonds is 5. The van der Waals surface area contributed by atoms with Crippen LogP contribution in [0.2, 0.25) is 0 Å². The smallest absolute Gasteiger partial charge is 0.412 e. The number of carboxylic acid groups (broad SMARTS) is 1. The van der Waals surface area contributed by atoms with Crippen LogP contribution in [0.15, 0.2) is 18.3 Å². The lowest BCUT2D eigenvalue weighted by Gasteiger charge is -2.18. The van der Waals surface area contributed by atoms with Crippen LogP contribution in [-0.2, 0) is 41.6 Å². The molecule has 1 heterocycles. The zero-order valence-electron chi connectivity index (χ0n) is 15.8. The molecule has 2 aliphatic rings. The number of hydrogen-bond donors (Lipinski definition) is 2. The molecule has 2 aliphatic carbocycles. The predicted octanol–water partition coefficient (Wildman–Crippen LogP) is 3.01. The largest absolute Gasteiger partial charge is 0.478 e. The number of benzene rings is 1. The van der Waals surface area contributed by atoms with Crippen LogP contribution in [-0.4, -0.2) is 33.2 Å². The van der Waals surface area contributed by atoms with Gasteiger partial charge in [-0.2, -0.15) is 0 Å². The van der Waals surface area contributed by atoms with Crippen molar-refractivity contribution in [3.05, 3.63) is 52.1 Å². The standard InChI is InChI=1S/C21H23N3O4/c1-12-22-9-8-15(23-12)11-18(20(25)26)28-21(27)24-19-16-6-2-4-13(16)10-14-5-3-7-17(14)19/h8-10,18H,2-7,11H2,1H3,(H,24,27)(H,25,26). The van der Waals surface area contributed by atoms with E-state index in [0.717, 1.165) is 44.2 Å². The lowest BCUT2D eigenvalue weighted by molar-refractivity contribution is -0.146. The number of nitrogens with zero attached hydrogens (tertiary/aromatic N) is 2. The lowest BCUT2D eigenvalue weighted by atomic mass is 9.99. The topological polar surface area (TPSA) is 101 Å². The van der Waals surface area contributed by atoms with E-state index in [-0.39, 0.29) is 6.42 Å². The molecule has 1 unspecified atom stereocenters. The Morgan fingerprint density at radius 2 is 1.86 bits per heavy atom. The normalized spacial score (nSPS) is 15.6. The maximum Gasteiger partial charge on any atom is 0.412 e. The summed E-state index contributed by atoms with van der Waals surface area (Å²) in [6, 6.07) is 3.90. The molecule has 1 aromatic heterocycles. The number of carbonyl (C=O) groups is 2. The van der Waals surface area contributed by atoms with Gasteiger partial charge in [-0.3, -0.25) is 5.32 Å². The van der Waals surface area contributed by atoms with Crippen molar-refractivity contribution in [3.8, 4) is 0 Å². The first-order valence-corrected chi connectivity index (χ1v) is 9.66. The Bertz CT molecular complexity index is 909. The minimum absolute atomic E-state index is 0.00286. The van der Waals surface area contributed by atoms with Crippen molar-refractivity contribution in [2.24, 2.45) is 0 Å². The Labute approximate surface area is 163 Å². The zero-order valence-corrected chi connectivity index (χ0v) is 15.8. The van der Waals surface area contributed by atoms with Crippen LogP contribution >= 0.6 is 0 Å². The summed E-state index contributed by atoms with van der Waals surface area (Å²) in [5.41, 5.74) is 6.31. The summed E-state index contributed by atoms with van der Waals surface area (Å²) in [7, 11) is 0. The highest BCUT2D eigenvalue weighted by Crippen LogP contribution is 2.38. The number of carbonyl (C=O) groups excluding carboxylic acids is 1. The Morgan fingerprint density at radius 1 is 1.18 bits per heavy atom. The molecule has 1 aromatic carbocycles. The third-order valence-corrected chi connectivity index (χ3v) is 5.45. The van der Waals surface area contributed by atoms with Gasteiger partial charge in [-0.05, 0) is 73.8 Å². The minimum Gasteiger partial charge on any atom is -0.478 e. The molecule has 146 valence electrons. The van der Waals surface area contributed by atoms with Crippen LogP contribution in [0.4, 0.5) is 10.5 Å². The van der Waals surface area contributed by atoms with Gasteiger partial charge in [-0.25, -0.2) is 19.6 Å². The molecule has 0 spiro atoms. The number of aromatic nitrogens is 2. The highest BCUT2D eigenvalue weighted by atomic mass is 16.6. The Balaban J connectivity index is 1.51. The van der Waals surface area contributed by atoms with Crippen molar-refractivity contribution in [2.75, 3.05) is 5.32 Å². The monoisotopic (exact) mass is 381 g/mol. The summed E-state index contributed by atoms with van der Waals surface area (Å²) in [6.45, 7) is 1.73. The molecule has 0 bridgehead atoms. The number of aliphatic carboxylic acids is 1. The molecule has 0 saturated heterocycles. The van der Waals surface area contributed by atoms with Crippen LogP contribution in [0.5, 0.6) is 0 Å². The van der Waals surface area contributed by atoms with E-state index in [9.17, 15) is 14.7 Å². The van der Waals surface area contributed by atoms with E-state index < -0.39 is 18.2 Å². The molecule has 4 rings (SSSR count). The number of carboxylic acids is 1. The second kappa shape index (κ2) is 7.58. The molecule has 0 radical (unpaired) electrons. The molecule has 2 N–H and O–H groups in total. The quantitative estimate of drug-likeness (QED) is 0.826. The summed E-state index contributed by atoms with van der Waals surface area (Å²) in [5, 5.41) is 12.3. The van der Waals surface area contributed by atoms with Crippen molar-refractivity contribution < 1.29 is 19.4 Å². The molecule has 28 heavy (non-hydrogen) atoms. The van der Waals surface area contributed by atoms with E-state index in [1.54, 1.807) is 19.2 Å². The van der Waals surface area contributed by atoms with Gasteiger partial charge in [-0.15, -0.1) is 0 Å². The SMILES string of the molecule is Cc1nccc(CC(OC(=O)Nc2c3c(cc4c2CCC4)CCC3)C(=O)O)n1. The Morgan fingerprint density at radius 3 is 2.46 bits per heavy atom. The van der Waals surface area contributed by atoms with Crippen LogP contribution in [0.25, 0.3) is 0 Å². The van der Waals surface area contributed by atoms with Gasteiger partial charge in [0.1, 0.15) is 5.82 Å². The van der Waals surface area contributed by atoms with Crippen molar-refractivity contribution in [2.45, 2.75) is 58.0 Å². The summed E-state index contributed by atoms with van der Waals surface area (Å²) >= 11 is 0. The van der Waals surface area contributed by atoms with E-state index in [1.807, 2.05) is 0 Å². The Kier molecular flexibility index (Phi) is 4.98. The summed E-state index contributed by atoms with van der Waals surface area (Å²) < 4.78 is 5.27. The first-order valence-electron chi connectivity index (χ1n) is 9.66. The number of fused-ring (bicyclic) bond motifs is 2. The van der Waals surface area contributed by atoms with Gasteiger partial charge >= 0.3 is 12.1 Å². The molecule has 0 saturated carbocycles. The number of ether oxygens (including phenoxy) is 1. The van der Waals surface area contributed by atoms with Crippen LogP contribution in [0.1, 0.15) is 46.6 Å². The summed E-state index contributed by atoms with van der Waals surface area (Å²) in [6.07, 6.45) is 5.59. The van der Waals surface area contributed by atoms with Gasteiger partial charge < -0.3 is 9.84 Å². The summed E-state index contributed by atoms with van der Waals surface area (Å²) in [5.74, 6) is -0.656. The first-order chi connectivity index (χ1) is 13.5. The minimum atomic E-state index is -1.31. The number of amides is 1. The maximum absolute atomic E-state index is 12.6. The molecule has 7 nitrogen and oxygen atoms in total. The zero-order chi connectivity index (χ0) is 19.7. The molecule has 7 heteroatoms. The fourth-order valence-electron chi connectivity index (χ4n) is 4.22. The molecule has 1 atom stereocenters. The average Bonchev–Trinajstić information content (AvgIpc) is 3.30. The van der Waals surface area contributed by atoms with E-state index in [4.69, 9.17) is 4.74 Å². The predicted molar refractivity (Wildman–Crippen MR) is 102 cm³/mol. The number of nitrogens with one attached hydrogen (secondary N) is 1. The first kappa shape index (κ1) is 18.4. The average molecular weight is 381 g/mol. The lowest BCUT2D eigenvalue weighted by Crippen LogP contribution is -2.32. The van der Waals surface area contributed by atoms with Gasteiger partial charge in [0.25, 0.3) is 0 Å². The van der Waals surface area contributed by atoms with Crippen LogP contribution in [0, 0.1) is 6.92 Å². The highest BCUT2D eigenvalue weighted by molar-refractivity contribution is 5.90. The number of hydrogen-bond acceptors (Lipinski definition) is 5. The summed E-state index contributed by atoms with van der Waals surface area (Å²) in [4.78, 5) is 32.3. The van der Waals surface area contributed by atoms with Gasteiger partial charge in [0.2, 0.25) is 6.10 Å². The molecule has 1 amide bonds. The number of anilines is 1. The molecule has 0 fully saturated rings. The van der Waals surface area contributed by atoms with E-state index in [1.165, 1.54) is 22.3 Å². The fourth-order valence-corrected chi connectivity index (χ4v) is 4.22. The van der Waals surface area contributed by atoms with Gasteiger partial charge in [0.15, 0.2) is 0 Å². The van der Waals surface area contributed by atoms with Gasteiger partial charge in [-0.1, -0.05) is 6.07 Å². The number of aryl methyl sites for hydroxylation is 3. The molecule has 0 aliphatic heterocycles. The second-order valence-electron chi connectivity index (χ2n) is 7.39. The van der Waals surface area contributed by atoms with E-state index in [2.05, 4.69) is 21.4 Å². The van der Waals surface area contributed by atoms with Crippen molar-refractivity contribution >= 4 is 17.7 Å². The van der Waals surface area contributed by atoms with E-state index >= 15 is 0 Å². The van der Waals surface area contributed by atoms with Crippen molar-refractivity contribution in [3.63, 3.8) is 0 Å². The van der Waals surface area contributed by atoms with Crippen LogP contribution < -0.4 is 5.32 Å². The van der Waals surface area contributed by atoms with Gasteiger partial charge in [0.05, 0.1) is 5.69 Å². The van der Waals surface area contributed by atoms with Crippen molar-refractivity contribution in [1.82, 2.24) is 9.97 Å². The molecule has 2 aromatic rings.